The number of aromatic nitrogens is 1. The molecule has 118 valence electrons. The zero-order chi connectivity index (χ0) is 16.5. The monoisotopic (exact) mass is 335 g/mol. The van der Waals surface area contributed by atoms with Crippen molar-refractivity contribution in [2.75, 3.05) is 0 Å². The Morgan fingerprint density at radius 1 is 0.875 bits per heavy atom. The maximum atomic E-state index is 9.93. The van der Waals surface area contributed by atoms with E-state index in [-0.39, 0.29) is 6.61 Å². The molecule has 1 aromatic heterocycles. The first-order chi connectivity index (χ1) is 11.8. The Morgan fingerprint density at radius 3 is 2.42 bits per heavy atom. The lowest BCUT2D eigenvalue weighted by molar-refractivity contribution is 0.281. The molecule has 0 amide bonds. The summed E-state index contributed by atoms with van der Waals surface area (Å²) in [5, 5.41) is 16.9. The zero-order valence-electron chi connectivity index (χ0n) is 12.7. The van der Waals surface area contributed by atoms with E-state index < -0.39 is 0 Å². The summed E-state index contributed by atoms with van der Waals surface area (Å²) in [7, 11) is 0. The van der Waals surface area contributed by atoms with E-state index in [1.807, 2.05) is 60.7 Å². The van der Waals surface area contributed by atoms with Crippen molar-refractivity contribution in [2.24, 2.45) is 0 Å². The summed E-state index contributed by atoms with van der Waals surface area (Å²) in [4.78, 5) is 0. The first-order valence-electron chi connectivity index (χ1n) is 7.62. The second kappa shape index (κ2) is 6.11. The van der Waals surface area contributed by atoms with E-state index in [1.165, 1.54) is 0 Å². The maximum absolute atomic E-state index is 9.93. The Balaban J connectivity index is 1.96. The third kappa shape index (κ3) is 2.39. The van der Waals surface area contributed by atoms with Gasteiger partial charge in [0.1, 0.15) is 5.69 Å². The van der Waals surface area contributed by atoms with Gasteiger partial charge in [-0.25, -0.2) is 0 Å². The number of halogens is 1. The summed E-state index contributed by atoms with van der Waals surface area (Å²) < 4.78 is 5.56. The van der Waals surface area contributed by atoms with E-state index in [1.54, 1.807) is 6.07 Å². The number of aliphatic hydroxyl groups is 1. The van der Waals surface area contributed by atoms with Crippen LogP contribution in [0.25, 0.3) is 33.4 Å². The van der Waals surface area contributed by atoms with E-state index in [0.29, 0.717) is 22.0 Å². The molecule has 3 nitrogen and oxygen atoms in total. The van der Waals surface area contributed by atoms with Crippen LogP contribution in [0.4, 0.5) is 0 Å². The molecule has 0 aliphatic rings. The van der Waals surface area contributed by atoms with Crippen LogP contribution in [0.3, 0.4) is 0 Å². The summed E-state index contributed by atoms with van der Waals surface area (Å²) in [6.45, 7) is -0.178. The molecule has 0 saturated carbocycles. The highest BCUT2D eigenvalue weighted by Crippen LogP contribution is 2.37. The number of nitrogens with zero attached hydrogens (tertiary/aromatic N) is 1. The molecule has 0 aliphatic carbocycles. The van der Waals surface area contributed by atoms with E-state index in [4.69, 9.17) is 16.1 Å². The van der Waals surface area contributed by atoms with Crippen molar-refractivity contribution in [1.29, 1.82) is 0 Å². The topological polar surface area (TPSA) is 46.3 Å². The second-order valence-electron chi connectivity index (χ2n) is 5.50. The van der Waals surface area contributed by atoms with Gasteiger partial charge in [0.2, 0.25) is 0 Å². The van der Waals surface area contributed by atoms with Gasteiger partial charge in [0.15, 0.2) is 5.76 Å². The van der Waals surface area contributed by atoms with Crippen LogP contribution in [0, 0.1) is 0 Å². The molecule has 24 heavy (non-hydrogen) atoms. The van der Waals surface area contributed by atoms with Gasteiger partial charge in [-0.1, -0.05) is 71.4 Å². The minimum Gasteiger partial charge on any atom is -0.391 e. The SMILES string of the molecule is OCc1c(-c2cccc3ccccc23)noc1-c1ccccc1Cl. The summed E-state index contributed by atoms with van der Waals surface area (Å²) in [6.07, 6.45) is 0. The fraction of sp³-hybridized carbons (Fsp3) is 0.0500. The van der Waals surface area contributed by atoms with Crippen LogP contribution in [0.1, 0.15) is 5.56 Å². The summed E-state index contributed by atoms with van der Waals surface area (Å²) >= 11 is 6.27. The fourth-order valence-corrected chi connectivity index (χ4v) is 3.18. The van der Waals surface area contributed by atoms with Crippen LogP contribution in [-0.2, 0) is 6.61 Å². The van der Waals surface area contributed by atoms with Crippen LogP contribution in [-0.4, -0.2) is 10.3 Å². The van der Waals surface area contributed by atoms with Crippen molar-refractivity contribution in [3.8, 4) is 22.6 Å². The van der Waals surface area contributed by atoms with Gasteiger partial charge in [-0.15, -0.1) is 0 Å². The van der Waals surface area contributed by atoms with Gasteiger partial charge in [0, 0.05) is 11.1 Å². The van der Waals surface area contributed by atoms with Gasteiger partial charge >= 0.3 is 0 Å². The number of rotatable bonds is 3. The molecular weight excluding hydrogens is 322 g/mol. The fourth-order valence-electron chi connectivity index (χ4n) is 2.96. The van der Waals surface area contributed by atoms with Crippen molar-refractivity contribution in [3.63, 3.8) is 0 Å². The highest BCUT2D eigenvalue weighted by atomic mass is 35.5. The molecule has 1 heterocycles. The van der Waals surface area contributed by atoms with Crippen LogP contribution >= 0.6 is 11.6 Å². The quantitative estimate of drug-likeness (QED) is 0.552. The van der Waals surface area contributed by atoms with Crippen molar-refractivity contribution in [1.82, 2.24) is 5.16 Å². The minimum atomic E-state index is -0.178. The Labute approximate surface area is 144 Å². The Bertz CT molecular complexity index is 1020. The van der Waals surface area contributed by atoms with Gasteiger partial charge in [0.05, 0.1) is 17.2 Å². The van der Waals surface area contributed by atoms with Crippen molar-refractivity contribution >= 4 is 22.4 Å². The molecule has 4 aromatic rings. The highest BCUT2D eigenvalue weighted by molar-refractivity contribution is 6.33. The van der Waals surface area contributed by atoms with Gasteiger partial charge < -0.3 is 9.63 Å². The van der Waals surface area contributed by atoms with Gasteiger partial charge in [-0.3, -0.25) is 0 Å². The molecule has 0 saturated heterocycles. The van der Waals surface area contributed by atoms with Gasteiger partial charge in [-0.05, 0) is 22.9 Å². The largest absolute Gasteiger partial charge is 0.391 e. The third-order valence-corrected chi connectivity index (χ3v) is 4.44. The standard InChI is InChI=1S/C20H14ClNO2/c21-18-11-4-3-9-16(18)20-17(12-23)19(22-24-20)15-10-5-7-13-6-1-2-8-14(13)15/h1-11,23H,12H2. The molecule has 4 rings (SSSR count). The molecule has 0 spiro atoms. The molecule has 3 aromatic carbocycles. The Kier molecular flexibility index (Phi) is 3.81. The Hall–Kier alpha value is -2.62. The number of benzene rings is 3. The van der Waals surface area contributed by atoms with Crippen LogP contribution in [0.15, 0.2) is 71.3 Å². The molecule has 0 fully saturated rings. The Morgan fingerprint density at radius 2 is 1.58 bits per heavy atom. The number of aliphatic hydroxyl groups excluding tert-OH is 1. The third-order valence-electron chi connectivity index (χ3n) is 4.11. The van der Waals surface area contributed by atoms with Crippen molar-refractivity contribution < 1.29 is 9.63 Å². The van der Waals surface area contributed by atoms with Crippen molar-refractivity contribution in [2.45, 2.75) is 6.61 Å². The number of fused-ring (bicyclic) bond motifs is 1. The molecule has 0 aliphatic heterocycles. The predicted octanol–water partition coefficient (Wildman–Crippen LogP) is 5.31. The van der Waals surface area contributed by atoms with Crippen LogP contribution in [0.5, 0.6) is 0 Å². The molecule has 4 heteroatoms. The van der Waals surface area contributed by atoms with Crippen LogP contribution < -0.4 is 0 Å². The normalized spacial score (nSPS) is 11.1. The zero-order valence-corrected chi connectivity index (χ0v) is 13.5. The highest BCUT2D eigenvalue weighted by Gasteiger charge is 2.21. The van der Waals surface area contributed by atoms with Gasteiger partial charge in [0.25, 0.3) is 0 Å². The molecule has 1 N–H and O–H groups in total. The summed E-state index contributed by atoms with van der Waals surface area (Å²) in [5.41, 5.74) is 2.94. The number of hydrogen-bond donors (Lipinski definition) is 1. The average molecular weight is 336 g/mol. The molecule has 0 unspecified atom stereocenters. The van der Waals surface area contributed by atoms with E-state index in [2.05, 4.69) is 5.16 Å². The van der Waals surface area contributed by atoms with Gasteiger partial charge in [-0.2, -0.15) is 0 Å². The first-order valence-corrected chi connectivity index (χ1v) is 8.00. The van der Waals surface area contributed by atoms with E-state index >= 15 is 0 Å². The van der Waals surface area contributed by atoms with E-state index in [9.17, 15) is 5.11 Å². The lowest BCUT2D eigenvalue weighted by Crippen LogP contribution is -1.90. The average Bonchev–Trinajstić information content (AvgIpc) is 3.05. The predicted molar refractivity (Wildman–Crippen MR) is 95.8 cm³/mol. The molecule has 0 bridgehead atoms. The molecular formula is C20H14ClNO2. The van der Waals surface area contributed by atoms with E-state index in [0.717, 1.165) is 21.9 Å². The number of hydrogen-bond acceptors (Lipinski definition) is 3. The summed E-state index contributed by atoms with van der Waals surface area (Å²) in [5.74, 6) is 0.506. The lowest BCUT2D eigenvalue weighted by Gasteiger charge is -2.06. The first kappa shape index (κ1) is 14.9. The second-order valence-corrected chi connectivity index (χ2v) is 5.91. The summed E-state index contributed by atoms with van der Waals surface area (Å²) in [6, 6.07) is 21.4. The smallest absolute Gasteiger partial charge is 0.174 e. The maximum Gasteiger partial charge on any atom is 0.174 e. The minimum absolute atomic E-state index is 0.178. The lowest BCUT2D eigenvalue weighted by atomic mass is 9.98. The molecule has 0 atom stereocenters. The van der Waals surface area contributed by atoms with Crippen LogP contribution in [0.2, 0.25) is 5.02 Å². The molecule has 0 radical (unpaired) electrons. The van der Waals surface area contributed by atoms with Crippen molar-refractivity contribution in [3.05, 3.63) is 77.3 Å².